The van der Waals surface area contributed by atoms with Crippen LogP contribution in [0.2, 0.25) is 0 Å². The van der Waals surface area contributed by atoms with Crippen LogP contribution in [-0.4, -0.2) is 16.6 Å². The molecule has 4 rings (SSSR count). The first-order valence-electron chi connectivity index (χ1n) is 8.44. The number of nitriles is 1. The number of benzene rings is 2. The van der Waals surface area contributed by atoms with E-state index < -0.39 is 12.3 Å². The Balaban J connectivity index is 1.82. The zero-order valence-corrected chi connectivity index (χ0v) is 14.7. The van der Waals surface area contributed by atoms with Crippen LogP contribution in [0.3, 0.4) is 0 Å². The molecule has 29 heavy (non-hydrogen) atoms. The highest BCUT2D eigenvalue weighted by atomic mass is 19.4. The molecule has 146 valence electrons. The first-order valence-corrected chi connectivity index (χ1v) is 8.44. The second-order valence-electron chi connectivity index (χ2n) is 6.23. The van der Waals surface area contributed by atoms with E-state index >= 15 is 0 Å². The highest BCUT2D eigenvalue weighted by molar-refractivity contribution is 5.70. The normalized spacial score (nSPS) is 16.0. The van der Waals surface area contributed by atoms with Crippen LogP contribution in [0, 0.1) is 11.3 Å². The number of nitrogens with two attached hydrogens (primary N) is 1. The van der Waals surface area contributed by atoms with E-state index in [2.05, 4.69) is 14.9 Å². The minimum Gasteiger partial charge on any atom is -0.420 e. The number of nitrogens with zero attached hydrogens (tertiary/aromatic N) is 2. The first-order chi connectivity index (χ1) is 13.9. The van der Waals surface area contributed by atoms with Gasteiger partial charge in [-0.25, -0.2) is 0 Å². The van der Waals surface area contributed by atoms with Gasteiger partial charge in [-0.05, 0) is 23.3 Å². The summed E-state index contributed by atoms with van der Waals surface area (Å²) in [5.41, 5.74) is 8.60. The van der Waals surface area contributed by atoms with Gasteiger partial charge in [-0.15, -0.1) is 18.3 Å². The number of fused-ring (bicyclic) bond motifs is 1. The monoisotopic (exact) mass is 398 g/mol. The third-order valence-electron chi connectivity index (χ3n) is 4.45. The standard InChI is InChI=1S/C20H13F3N4O2/c21-20(22,23)29-13-8-6-11(7-9-13)15-14(10-24)18(25)28-19-16(15)17(26-27-19)12-4-2-1-3-5-12/h1-9,15H,25H2,(H,26,27)/t15-/m0/s1. The van der Waals surface area contributed by atoms with E-state index in [4.69, 9.17) is 10.5 Å². The van der Waals surface area contributed by atoms with Gasteiger partial charge in [0.05, 0.1) is 17.2 Å². The average molecular weight is 398 g/mol. The molecule has 0 amide bonds. The third kappa shape index (κ3) is 3.48. The lowest BCUT2D eigenvalue weighted by Gasteiger charge is -2.24. The Morgan fingerprint density at radius 1 is 1.10 bits per heavy atom. The van der Waals surface area contributed by atoms with E-state index in [0.717, 1.165) is 5.56 Å². The number of aromatic amines is 1. The quantitative estimate of drug-likeness (QED) is 0.689. The van der Waals surface area contributed by atoms with E-state index in [0.29, 0.717) is 16.8 Å². The van der Waals surface area contributed by atoms with Crippen LogP contribution < -0.4 is 15.2 Å². The SMILES string of the molecule is N#CC1=C(N)Oc2n[nH]c(-c3ccccc3)c2[C@H]1c1ccc(OC(F)(F)F)cc1. The summed E-state index contributed by atoms with van der Waals surface area (Å²) in [6, 6.07) is 16.6. The summed E-state index contributed by atoms with van der Waals surface area (Å²) in [6.07, 6.45) is -4.79. The summed E-state index contributed by atoms with van der Waals surface area (Å²) in [6.45, 7) is 0. The molecule has 0 saturated heterocycles. The Kier molecular flexibility index (Phi) is 4.39. The topological polar surface area (TPSA) is 97.0 Å². The molecule has 0 radical (unpaired) electrons. The molecule has 1 aliphatic rings. The van der Waals surface area contributed by atoms with Crippen molar-refractivity contribution >= 4 is 0 Å². The number of alkyl halides is 3. The minimum absolute atomic E-state index is 0.105. The molecule has 3 N–H and O–H groups in total. The van der Waals surface area contributed by atoms with Gasteiger partial charge in [-0.1, -0.05) is 42.5 Å². The van der Waals surface area contributed by atoms with Crippen LogP contribution in [0.15, 0.2) is 66.1 Å². The molecular weight excluding hydrogens is 385 g/mol. The molecule has 3 aromatic rings. The smallest absolute Gasteiger partial charge is 0.420 e. The summed E-state index contributed by atoms with van der Waals surface area (Å²) in [7, 11) is 0. The number of aromatic nitrogens is 2. The summed E-state index contributed by atoms with van der Waals surface area (Å²) < 4.78 is 46.7. The van der Waals surface area contributed by atoms with Crippen molar-refractivity contribution in [3.05, 3.63) is 77.2 Å². The number of H-pyrrole nitrogens is 1. The van der Waals surface area contributed by atoms with Crippen LogP contribution in [0.25, 0.3) is 11.3 Å². The van der Waals surface area contributed by atoms with Crippen LogP contribution >= 0.6 is 0 Å². The van der Waals surface area contributed by atoms with Gasteiger partial charge in [-0.3, -0.25) is 5.10 Å². The Hall–Kier alpha value is -3.93. The predicted octanol–water partition coefficient (Wildman–Crippen LogP) is 4.19. The molecule has 0 fully saturated rings. The lowest BCUT2D eigenvalue weighted by atomic mass is 9.83. The zero-order valence-electron chi connectivity index (χ0n) is 14.7. The highest BCUT2D eigenvalue weighted by Gasteiger charge is 2.36. The molecule has 6 nitrogen and oxygen atoms in total. The van der Waals surface area contributed by atoms with Gasteiger partial charge in [0.1, 0.15) is 17.4 Å². The fourth-order valence-electron chi connectivity index (χ4n) is 3.27. The maximum absolute atomic E-state index is 12.4. The van der Waals surface area contributed by atoms with E-state index in [-0.39, 0.29) is 23.1 Å². The van der Waals surface area contributed by atoms with Crippen LogP contribution in [0.4, 0.5) is 13.2 Å². The van der Waals surface area contributed by atoms with Gasteiger partial charge in [-0.2, -0.15) is 5.26 Å². The second kappa shape index (κ2) is 6.91. The highest BCUT2D eigenvalue weighted by Crippen LogP contribution is 2.45. The Labute approximate surface area is 163 Å². The van der Waals surface area contributed by atoms with Crippen LogP contribution in [-0.2, 0) is 0 Å². The second-order valence-corrected chi connectivity index (χ2v) is 6.23. The lowest BCUT2D eigenvalue weighted by Crippen LogP contribution is -2.21. The van der Waals surface area contributed by atoms with Crippen molar-refractivity contribution in [3.8, 4) is 29.0 Å². The van der Waals surface area contributed by atoms with Gasteiger partial charge in [0.25, 0.3) is 0 Å². The number of rotatable bonds is 3. The average Bonchev–Trinajstić information content (AvgIpc) is 3.10. The third-order valence-corrected chi connectivity index (χ3v) is 4.45. The van der Waals surface area contributed by atoms with E-state index in [9.17, 15) is 18.4 Å². The number of halogens is 3. The van der Waals surface area contributed by atoms with Crippen molar-refractivity contribution in [2.45, 2.75) is 12.3 Å². The summed E-state index contributed by atoms with van der Waals surface area (Å²) in [5.74, 6) is -0.926. The molecule has 0 bridgehead atoms. The first kappa shape index (κ1) is 18.4. The molecule has 2 heterocycles. The number of ether oxygens (including phenoxy) is 2. The van der Waals surface area contributed by atoms with E-state index in [1.165, 1.54) is 24.3 Å². The molecule has 1 aromatic heterocycles. The number of nitrogens with one attached hydrogen (secondary N) is 1. The molecular formula is C20H13F3N4O2. The molecule has 1 atom stereocenters. The minimum atomic E-state index is -4.79. The van der Waals surface area contributed by atoms with Crippen LogP contribution in [0.1, 0.15) is 17.0 Å². The van der Waals surface area contributed by atoms with Gasteiger partial charge in [0.15, 0.2) is 0 Å². The summed E-state index contributed by atoms with van der Waals surface area (Å²) >= 11 is 0. The molecule has 0 spiro atoms. The fraction of sp³-hybridized carbons (Fsp3) is 0.100. The van der Waals surface area contributed by atoms with E-state index in [1.807, 2.05) is 36.4 Å². The Morgan fingerprint density at radius 3 is 2.41 bits per heavy atom. The van der Waals surface area contributed by atoms with E-state index in [1.54, 1.807) is 0 Å². The molecule has 2 aromatic carbocycles. The van der Waals surface area contributed by atoms with Crippen LogP contribution in [0.5, 0.6) is 11.6 Å². The maximum Gasteiger partial charge on any atom is 0.573 e. The largest absolute Gasteiger partial charge is 0.573 e. The lowest BCUT2D eigenvalue weighted by molar-refractivity contribution is -0.274. The molecule has 9 heteroatoms. The summed E-state index contributed by atoms with van der Waals surface area (Å²) in [4.78, 5) is 0. The predicted molar refractivity (Wildman–Crippen MR) is 96.4 cm³/mol. The number of allylic oxidation sites excluding steroid dienone is 1. The number of hydrogen-bond donors (Lipinski definition) is 2. The van der Waals surface area contributed by atoms with Gasteiger partial charge >= 0.3 is 6.36 Å². The van der Waals surface area contributed by atoms with Gasteiger partial charge in [0, 0.05) is 0 Å². The zero-order chi connectivity index (χ0) is 20.6. The molecule has 0 unspecified atom stereocenters. The molecule has 0 saturated carbocycles. The van der Waals surface area contributed by atoms with Crippen molar-refractivity contribution in [3.63, 3.8) is 0 Å². The van der Waals surface area contributed by atoms with Crippen molar-refractivity contribution in [2.24, 2.45) is 5.73 Å². The summed E-state index contributed by atoms with van der Waals surface area (Å²) in [5, 5.41) is 16.7. The molecule has 0 aliphatic carbocycles. The number of hydrogen-bond acceptors (Lipinski definition) is 5. The van der Waals surface area contributed by atoms with Crippen molar-refractivity contribution < 1.29 is 22.6 Å². The van der Waals surface area contributed by atoms with Gasteiger partial charge in [0.2, 0.25) is 11.8 Å². The Bertz CT molecular complexity index is 1110. The fourth-order valence-corrected chi connectivity index (χ4v) is 3.27. The van der Waals surface area contributed by atoms with Crippen molar-refractivity contribution in [1.82, 2.24) is 10.2 Å². The van der Waals surface area contributed by atoms with Crippen molar-refractivity contribution in [1.29, 1.82) is 5.26 Å². The molecule has 1 aliphatic heterocycles. The Morgan fingerprint density at radius 2 is 1.79 bits per heavy atom. The maximum atomic E-state index is 12.4. The van der Waals surface area contributed by atoms with Crippen molar-refractivity contribution in [2.75, 3.05) is 0 Å². The van der Waals surface area contributed by atoms with Gasteiger partial charge < -0.3 is 15.2 Å².